The van der Waals surface area contributed by atoms with Crippen molar-refractivity contribution in [2.24, 2.45) is 0 Å². The average Bonchev–Trinajstić information content (AvgIpc) is 2.89. The van der Waals surface area contributed by atoms with Gasteiger partial charge in [-0.15, -0.1) is 10.2 Å². The summed E-state index contributed by atoms with van der Waals surface area (Å²) in [5.74, 6) is 0.309. The summed E-state index contributed by atoms with van der Waals surface area (Å²) in [6.07, 6.45) is -2.11. The lowest BCUT2D eigenvalue weighted by molar-refractivity contribution is -0.137. The van der Waals surface area contributed by atoms with Crippen LogP contribution in [0.15, 0.2) is 36.7 Å². The van der Waals surface area contributed by atoms with E-state index in [0.29, 0.717) is 17.0 Å². The Bertz CT molecular complexity index is 843. The molecule has 0 fully saturated rings. The molecule has 3 aromatic heterocycles. The third kappa shape index (κ3) is 2.29. The van der Waals surface area contributed by atoms with Crippen LogP contribution in [0.1, 0.15) is 11.1 Å². The topological polar surface area (TPSA) is 66.9 Å². The zero-order valence-electron chi connectivity index (χ0n) is 10.3. The number of fused-ring (bicyclic) bond motifs is 1. The third-order valence-corrected chi connectivity index (χ3v) is 2.86. The highest BCUT2D eigenvalue weighted by Crippen LogP contribution is 2.29. The second kappa shape index (κ2) is 4.56. The van der Waals surface area contributed by atoms with Crippen molar-refractivity contribution in [1.82, 2.24) is 19.6 Å². The van der Waals surface area contributed by atoms with Gasteiger partial charge in [0.1, 0.15) is 5.69 Å². The van der Waals surface area contributed by atoms with Gasteiger partial charge in [-0.1, -0.05) is 0 Å². The SMILES string of the molecule is N#Cc1ccn2c(-c3ccc(C(F)(F)F)cn3)nnc2c1. The first-order chi connectivity index (χ1) is 9.99. The van der Waals surface area contributed by atoms with Crippen LogP contribution in [0.4, 0.5) is 13.2 Å². The van der Waals surface area contributed by atoms with Gasteiger partial charge in [0.15, 0.2) is 11.5 Å². The van der Waals surface area contributed by atoms with Crippen molar-refractivity contribution in [3.63, 3.8) is 0 Å². The molecular weight excluding hydrogens is 283 g/mol. The van der Waals surface area contributed by atoms with Crippen molar-refractivity contribution in [3.05, 3.63) is 47.8 Å². The Morgan fingerprint density at radius 3 is 2.57 bits per heavy atom. The molecule has 0 saturated heterocycles. The molecule has 0 atom stereocenters. The summed E-state index contributed by atoms with van der Waals surface area (Å²) < 4.78 is 39.0. The van der Waals surface area contributed by atoms with Crippen LogP contribution < -0.4 is 0 Å². The minimum atomic E-state index is -4.43. The summed E-state index contributed by atoms with van der Waals surface area (Å²) in [6.45, 7) is 0. The highest BCUT2D eigenvalue weighted by atomic mass is 19.4. The van der Waals surface area contributed by atoms with E-state index in [9.17, 15) is 13.2 Å². The zero-order chi connectivity index (χ0) is 15.0. The average molecular weight is 289 g/mol. The molecule has 21 heavy (non-hydrogen) atoms. The Morgan fingerprint density at radius 2 is 1.95 bits per heavy atom. The van der Waals surface area contributed by atoms with Crippen LogP contribution in [-0.2, 0) is 6.18 Å². The minimum absolute atomic E-state index is 0.264. The summed E-state index contributed by atoms with van der Waals surface area (Å²) in [5.41, 5.74) is 0.277. The summed E-state index contributed by atoms with van der Waals surface area (Å²) in [6, 6.07) is 7.23. The molecule has 0 aliphatic heterocycles. The highest BCUT2D eigenvalue weighted by Gasteiger charge is 2.30. The molecule has 3 heterocycles. The summed E-state index contributed by atoms with van der Waals surface area (Å²) in [5, 5.41) is 16.6. The Morgan fingerprint density at radius 1 is 1.14 bits per heavy atom. The maximum atomic E-state index is 12.5. The molecule has 0 amide bonds. The fourth-order valence-electron chi connectivity index (χ4n) is 1.83. The van der Waals surface area contributed by atoms with Crippen LogP contribution in [0.3, 0.4) is 0 Å². The quantitative estimate of drug-likeness (QED) is 0.690. The van der Waals surface area contributed by atoms with Gasteiger partial charge in [0, 0.05) is 18.5 Å². The number of nitrogens with zero attached hydrogens (tertiary/aromatic N) is 5. The Balaban J connectivity index is 2.07. The van der Waals surface area contributed by atoms with Crippen LogP contribution in [0, 0.1) is 11.3 Å². The van der Waals surface area contributed by atoms with Crippen molar-refractivity contribution in [1.29, 1.82) is 5.26 Å². The smallest absolute Gasteiger partial charge is 0.281 e. The maximum absolute atomic E-state index is 12.5. The Kier molecular flexibility index (Phi) is 2.83. The first kappa shape index (κ1) is 13.1. The fraction of sp³-hybridized carbons (Fsp3) is 0.0769. The van der Waals surface area contributed by atoms with Crippen LogP contribution >= 0.6 is 0 Å². The van der Waals surface area contributed by atoms with Crippen molar-refractivity contribution in [2.45, 2.75) is 6.18 Å². The largest absolute Gasteiger partial charge is 0.417 e. The Labute approximate surface area is 116 Å². The van der Waals surface area contributed by atoms with Crippen molar-refractivity contribution in [3.8, 4) is 17.6 Å². The standard InChI is InChI=1S/C13H6F3N5/c14-13(15,16)9-1-2-10(18-7-9)12-20-19-11-5-8(6-17)3-4-21(11)12/h1-5,7H. The van der Waals surface area contributed by atoms with Crippen LogP contribution in [0.25, 0.3) is 17.2 Å². The number of alkyl halides is 3. The predicted octanol–water partition coefficient (Wildman–Crippen LogP) is 2.68. The van der Waals surface area contributed by atoms with E-state index in [1.165, 1.54) is 12.1 Å². The molecule has 0 unspecified atom stereocenters. The first-order valence-electron chi connectivity index (χ1n) is 5.77. The van der Waals surface area contributed by atoms with E-state index in [1.807, 2.05) is 6.07 Å². The molecule has 0 bridgehead atoms. The number of pyridine rings is 2. The second-order valence-corrected chi connectivity index (χ2v) is 4.21. The van der Waals surface area contributed by atoms with Gasteiger partial charge in [-0.3, -0.25) is 9.38 Å². The molecule has 0 spiro atoms. The zero-order valence-corrected chi connectivity index (χ0v) is 10.3. The molecule has 0 N–H and O–H groups in total. The molecule has 5 nitrogen and oxygen atoms in total. The molecule has 8 heteroatoms. The monoisotopic (exact) mass is 289 g/mol. The van der Waals surface area contributed by atoms with Gasteiger partial charge in [0.2, 0.25) is 0 Å². The summed E-state index contributed by atoms with van der Waals surface area (Å²) in [7, 11) is 0. The van der Waals surface area contributed by atoms with Gasteiger partial charge in [0.05, 0.1) is 17.2 Å². The van der Waals surface area contributed by atoms with Gasteiger partial charge < -0.3 is 0 Å². The molecule has 104 valence electrons. The summed E-state index contributed by atoms with van der Waals surface area (Å²) in [4.78, 5) is 3.77. The summed E-state index contributed by atoms with van der Waals surface area (Å²) >= 11 is 0. The van der Waals surface area contributed by atoms with Crippen LogP contribution in [-0.4, -0.2) is 19.6 Å². The van der Waals surface area contributed by atoms with Crippen molar-refractivity contribution < 1.29 is 13.2 Å². The Hall–Kier alpha value is -2.95. The number of hydrogen-bond acceptors (Lipinski definition) is 4. The van der Waals surface area contributed by atoms with Crippen LogP contribution in [0.5, 0.6) is 0 Å². The molecular formula is C13H6F3N5. The molecule has 0 radical (unpaired) electrons. The van der Waals surface area contributed by atoms with Crippen LogP contribution in [0.2, 0.25) is 0 Å². The van der Waals surface area contributed by atoms with Gasteiger partial charge in [-0.25, -0.2) is 0 Å². The third-order valence-electron chi connectivity index (χ3n) is 2.86. The lowest BCUT2D eigenvalue weighted by Gasteiger charge is -2.06. The second-order valence-electron chi connectivity index (χ2n) is 4.21. The number of halogens is 3. The van der Waals surface area contributed by atoms with Crippen molar-refractivity contribution in [2.75, 3.05) is 0 Å². The van der Waals surface area contributed by atoms with Gasteiger partial charge in [-0.05, 0) is 18.2 Å². The van der Waals surface area contributed by atoms with E-state index in [0.717, 1.165) is 12.3 Å². The number of hydrogen-bond donors (Lipinski definition) is 0. The predicted molar refractivity (Wildman–Crippen MR) is 65.9 cm³/mol. The minimum Gasteiger partial charge on any atom is -0.281 e. The highest BCUT2D eigenvalue weighted by molar-refractivity contribution is 5.57. The number of nitriles is 1. The molecule has 3 rings (SSSR count). The first-order valence-corrected chi connectivity index (χ1v) is 5.77. The van der Waals surface area contributed by atoms with Gasteiger partial charge in [0.25, 0.3) is 0 Å². The maximum Gasteiger partial charge on any atom is 0.417 e. The normalized spacial score (nSPS) is 11.5. The molecule has 0 saturated carbocycles. The van der Waals surface area contributed by atoms with E-state index < -0.39 is 11.7 Å². The molecule has 3 aromatic rings. The number of rotatable bonds is 1. The van der Waals surface area contributed by atoms with Crippen molar-refractivity contribution >= 4 is 5.65 Å². The molecule has 0 aliphatic rings. The van der Waals surface area contributed by atoms with E-state index >= 15 is 0 Å². The lowest BCUT2D eigenvalue weighted by Crippen LogP contribution is -2.05. The van der Waals surface area contributed by atoms with E-state index in [1.54, 1.807) is 16.7 Å². The number of aromatic nitrogens is 4. The van der Waals surface area contributed by atoms with Gasteiger partial charge in [-0.2, -0.15) is 18.4 Å². The van der Waals surface area contributed by atoms with Gasteiger partial charge >= 0.3 is 6.18 Å². The van der Waals surface area contributed by atoms with E-state index in [2.05, 4.69) is 15.2 Å². The molecule has 0 aliphatic carbocycles. The van der Waals surface area contributed by atoms with E-state index in [4.69, 9.17) is 5.26 Å². The lowest BCUT2D eigenvalue weighted by atomic mass is 10.2. The molecule has 0 aromatic carbocycles. The fourth-order valence-corrected chi connectivity index (χ4v) is 1.83. The van der Waals surface area contributed by atoms with E-state index in [-0.39, 0.29) is 5.69 Å².